The summed E-state index contributed by atoms with van der Waals surface area (Å²) < 4.78 is 12.7. The van der Waals surface area contributed by atoms with Crippen molar-refractivity contribution in [3.05, 3.63) is 30.4 Å². The Bertz CT molecular complexity index is 694. The van der Waals surface area contributed by atoms with Crippen molar-refractivity contribution in [1.29, 1.82) is 0 Å². The number of ether oxygens (including phenoxy) is 2. The Balaban J connectivity index is 1.25. The topological polar surface area (TPSA) is 64.4 Å². The van der Waals surface area contributed by atoms with Crippen LogP contribution in [0.3, 0.4) is 0 Å². The number of anilines is 1. The molecule has 0 bridgehead atoms. The predicted octanol–water partition coefficient (Wildman–Crippen LogP) is 1.34. The third kappa shape index (κ3) is 3.17. The first kappa shape index (κ1) is 15.3. The molecule has 7 heteroatoms. The van der Waals surface area contributed by atoms with Gasteiger partial charge in [0.1, 0.15) is 12.2 Å². The predicted molar refractivity (Wildman–Crippen MR) is 90.5 cm³/mol. The van der Waals surface area contributed by atoms with Crippen molar-refractivity contribution in [1.82, 2.24) is 20.1 Å². The van der Waals surface area contributed by atoms with Gasteiger partial charge in [-0.3, -0.25) is 4.68 Å². The summed E-state index contributed by atoms with van der Waals surface area (Å²) in [6.45, 7) is 3.39. The van der Waals surface area contributed by atoms with E-state index in [0.29, 0.717) is 12.8 Å². The Labute approximate surface area is 141 Å². The molecule has 1 saturated heterocycles. The molecule has 0 saturated carbocycles. The normalized spacial score (nSPS) is 17.5. The number of rotatable bonds is 5. The van der Waals surface area contributed by atoms with Gasteiger partial charge in [0.25, 0.3) is 0 Å². The maximum atomic E-state index is 5.47. The maximum Gasteiger partial charge on any atom is 0.231 e. The average Bonchev–Trinajstić information content (AvgIpc) is 3.24. The quantitative estimate of drug-likeness (QED) is 0.893. The first-order valence-electron chi connectivity index (χ1n) is 8.50. The summed E-state index contributed by atoms with van der Waals surface area (Å²) in [4.78, 5) is 6.68. The average molecular weight is 329 g/mol. The van der Waals surface area contributed by atoms with Crippen molar-refractivity contribution >= 4 is 5.69 Å². The molecule has 0 amide bonds. The number of hydrogen-bond donors (Lipinski definition) is 1. The number of nitrogens with zero attached hydrogens (tertiary/aromatic N) is 4. The maximum absolute atomic E-state index is 5.47. The second kappa shape index (κ2) is 6.68. The molecule has 2 aliphatic heterocycles. The lowest BCUT2D eigenvalue weighted by atomic mass is 10.0. The Kier molecular flexibility index (Phi) is 4.25. The van der Waals surface area contributed by atoms with Crippen LogP contribution in [0, 0.1) is 0 Å². The number of piperidine rings is 1. The van der Waals surface area contributed by atoms with Gasteiger partial charge in [0.05, 0.1) is 0 Å². The largest absolute Gasteiger partial charge is 0.454 e. The Hall–Kier alpha value is -2.28. The second-order valence-electron chi connectivity index (χ2n) is 6.30. The van der Waals surface area contributed by atoms with E-state index < -0.39 is 0 Å². The lowest BCUT2D eigenvalue weighted by Gasteiger charge is -2.34. The minimum atomic E-state index is 0.330. The van der Waals surface area contributed by atoms with Crippen LogP contribution < -0.4 is 19.7 Å². The highest BCUT2D eigenvalue weighted by Gasteiger charge is 2.21. The molecule has 2 aromatic rings. The van der Waals surface area contributed by atoms with Gasteiger partial charge in [-0.1, -0.05) is 0 Å². The van der Waals surface area contributed by atoms with E-state index in [1.165, 1.54) is 5.69 Å². The number of fused-ring (bicyclic) bond motifs is 1. The van der Waals surface area contributed by atoms with E-state index in [4.69, 9.17) is 9.47 Å². The molecule has 3 heterocycles. The third-order valence-corrected chi connectivity index (χ3v) is 4.80. The van der Waals surface area contributed by atoms with Gasteiger partial charge in [0.15, 0.2) is 11.5 Å². The van der Waals surface area contributed by atoms with Crippen LogP contribution in [0.15, 0.2) is 24.5 Å². The van der Waals surface area contributed by atoms with E-state index in [0.717, 1.165) is 56.2 Å². The minimum absolute atomic E-state index is 0.330. The van der Waals surface area contributed by atoms with Crippen LogP contribution in [0.4, 0.5) is 5.69 Å². The van der Waals surface area contributed by atoms with E-state index >= 15 is 0 Å². The zero-order valence-electron chi connectivity index (χ0n) is 13.9. The molecule has 1 fully saturated rings. The van der Waals surface area contributed by atoms with Gasteiger partial charge in [-0.2, -0.15) is 5.10 Å². The first-order valence-corrected chi connectivity index (χ1v) is 8.50. The third-order valence-electron chi connectivity index (χ3n) is 4.80. The molecule has 1 aromatic carbocycles. The molecule has 2 aliphatic rings. The molecule has 0 unspecified atom stereocenters. The van der Waals surface area contributed by atoms with Crippen LogP contribution in [0.2, 0.25) is 0 Å². The standard InChI is InChI=1S/C17H23N5O2/c1-21-17(19-11-20-21)4-7-18-13-5-8-22(9-6-13)14-2-3-15-16(10-14)24-12-23-15/h2-3,10-11,13,18H,4-9,12H2,1H3. The van der Waals surface area contributed by atoms with Crippen LogP contribution in [0.25, 0.3) is 0 Å². The van der Waals surface area contributed by atoms with E-state index in [-0.39, 0.29) is 0 Å². The summed E-state index contributed by atoms with van der Waals surface area (Å²) in [5.41, 5.74) is 1.22. The highest BCUT2D eigenvalue weighted by atomic mass is 16.7. The van der Waals surface area contributed by atoms with Gasteiger partial charge in [-0.25, -0.2) is 4.98 Å². The Morgan fingerprint density at radius 1 is 1.21 bits per heavy atom. The number of aryl methyl sites for hydroxylation is 1. The summed E-state index contributed by atoms with van der Waals surface area (Å²) >= 11 is 0. The molecule has 24 heavy (non-hydrogen) atoms. The van der Waals surface area contributed by atoms with Crippen molar-refractivity contribution in [2.24, 2.45) is 7.05 Å². The first-order chi connectivity index (χ1) is 11.8. The summed E-state index contributed by atoms with van der Waals surface area (Å²) in [5, 5.41) is 7.75. The summed E-state index contributed by atoms with van der Waals surface area (Å²) in [5.74, 6) is 2.73. The highest BCUT2D eigenvalue weighted by molar-refractivity contribution is 5.57. The number of nitrogens with one attached hydrogen (secondary N) is 1. The van der Waals surface area contributed by atoms with E-state index in [2.05, 4.69) is 32.4 Å². The second-order valence-corrected chi connectivity index (χ2v) is 6.30. The van der Waals surface area contributed by atoms with Crippen LogP contribution in [0.5, 0.6) is 11.5 Å². The summed E-state index contributed by atoms with van der Waals surface area (Å²) in [7, 11) is 1.94. The molecule has 0 spiro atoms. The number of aromatic nitrogens is 3. The fraction of sp³-hybridized carbons (Fsp3) is 0.529. The summed E-state index contributed by atoms with van der Waals surface area (Å²) in [6.07, 6.45) is 4.82. The molecule has 1 aromatic heterocycles. The van der Waals surface area contributed by atoms with Gasteiger partial charge in [0.2, 0.25) is 6.79 Å². The van der Waals surface area contributed by atoms with E-state index in [1.54, 1.807) is 6.33 Å². The zero-order chi connectivity index (χ0) is 16.4. The highest BCUT2D eigenvalue weighted by Crippen LogP contribution is 2.36. The van der Waals surface area contributed by atoms with Gasteiger partial charge in [0, 0.05) is 50.9 Å². The van der Waals surface area contributed by atoms with Gasteiger partial charge >= 0.3 is 0 Å². The van der Waals surface area contributed by atoms with E-state index in [9.17, 15) is 0 Å². The molecule has 7 nitrogen and oxygen atoms in total. The smallest absolute Gasteiger partial charge is 0.231 e. The lowest BCUT2D eigenvalue weighted by Crippen LogP contribution is -2.43. The van der Waals surface area contributed by atoms with Crippen molar-refractivity contribution in [2.45, 2.75) is 25.3 Å². The van der Waals surface area contributed by atoms with Crippen LogP contribution in [0.1, 0.15) is 18.7 Å². The Morgan fingerprint density at radius 3 is 2.83 bits per heavy atom. The SMILES string of the molecule is Cn1ncnc1CCNC1CCN(c2ccc3c(c2)OCO3)CC1. The van der Waals surface area contributed by atoms with Gasteiger partial charge in [-0.15, -0.1) is 0 Å². The molecule has 128 valence electrons. The molecule has 0 aliphatic carbocycles. The molecule has 0 radical (unpaired) electrons. The van der Waals surface area contributed by atoms with Crippen molar-refractivity contribution in [3.8, 4) is 11.5 Å². The lowest BCUT2D eigenvalue weighted by molar-refractivity contribution is 0.174. The monoisotopic (exact) mass is 329 g/mol. The minimum Gasteiger partial charge on any atom is -0.454 e. The molecule has 1 N–H and O–H groups in total. The Morgan fingerprint density at radius 2 is 2.04 bits per heavy atom. The van der Waals surface area contributed by atoms with Gasteiger partial charge in [-0.05, 0) is 25.0 Å². The number of hydrogen-bond acceptors (Lipinski definition) is 6. The van der Waals surface area contributed by atoms with Gasteiger partial charge < -0.3 is 19.7 Å². The fourth-order valence-corrected chi connectivity index (χ4v) is 3.36. The molecular formula is C17H23N5O2. The summed E-state index contributed by atoms with van der Waals surface area (Å²) in [6, 6.07) is 6.78. The van der Waals surface area contributed by atoms with Crippen molar-refractivity contribution in [2.75, 3.05) is 31.3 Å². The fourth-order valence-electron chi connectivity index (χ4n) is 3.36. The van der Waals surface area contributed by atoms with Crippen LogP contribution >= 0.6 is 0 Å². The zero-order valence-corrected chi connectivity index (χ0v) is 13.9. The van der Waals surface area contributed by atoms with Crippen LogP contribution in [-0.4, -0.2) is 47.2 Å². The number of benzene rings is 1. The van der Waals surface area contributed by atoms with E-state index in [1.807, 2.05) is 17.8 Å². The molecule has 4 rings (SSSR count). The van der Waals surface area contributed by atoms with Crippen molar-refractivity contribution in [3.63, 3.8) is 0 Å². The molecule has 0 atom stereocenters. The molecular weight excluding hydrogens is 306 g/mol. The van der Waals surface area contributed by atoms with Crippen molar-refractivity contribution < 1.29 is 9.47 Å². The van der Waals surface area contributed by atoms with Crippen LogP contribution in [-0.2, 0) is 13.5 Å².